The van der Waals surface area contributed by atoms with E-state index in [9.17, 15) is 9.59 Å². The number of ether oxygens (including phenoxy) is 1. The van der Waals surface area contributed by atoms with Crippen LogP contribution in [0.3, 0.4) is 0 Å². The molecule has 0 unspecified atom stereocenters. The van der Waals surface area contributed by atoms with Gasteiger partial charge in [0.25, 0.3) is 0 Å². The molecule has 0 N–H and O–H groups in total. The molecule has 1 aliphatic heterocycles. The van der Waals surface area contributed by atoms with Crippen LogP contribution in [0.1, 0.15) is 26.2 Å². The van der Waals surface area contributed by atoms with Gasteiger partial charge in [-0.25, -0.2) is 0 Å². The molecular formula is C13H23ClN2O3. The molecule has 5 nitrogen and oxygen atoms in total. The van der Waals surface area contributed by atoms with Gasteiger partial charge in [0.15, 0.2) is 0 Å². The molecule has 0 aromatic carbocycles. The Labute approximate surface area is 119 Å². The van der Waals surface area contributed by atoms with Crippen molar-refractivity contribution in [1.29, 1.82) is 0 Å². The molecule has 110 valence electrons. The van der Waals surface area contributed by atoms with Crippen LogP contribution in [0.2, 0.25) is 0 Å². The molecule has 0 bridgehead atoms. The summed E-state index contributed by atoms with van der Waals surface area (Å²) in [5.41, 5.74) is 0. The van der Waals surface area contributed by atoms with E-state index >= 15 is 0 Å². The van der Waals surface area contributed by atoms with Crippen molar-refractivity contribution in [3.05, 3.63) is 0 Å². The van der Waals surface area contributed by atoms with Gasteiger partial charge < -0.3 is 9.64 Å². The van der Waals surface area contributed by atoms with Crippen molar-refractivity contribution in [2.45, 2.75) is 26.2 Å². The number of esters is 1. The number of hydrogen-bond donors (Lipinski definition) is 0. The van der Waals surface area contributed by atoms with E-state index in [0.29, 0.717) is 12.5 Å². The Kier molecular flexibility index (Phi) is 7.82. The number of carbonyl (C=O) groups excluding carboxylic acids is 2. The van der Waals surface area contributed by atoms with Gasteiger partial charge in [-0.15, -0.1) is 11.6 Å². The van der Waals surface area contributed by atoms with Gasteiger partial charge in [-0.3, -0.25) is 14.5 Å². The van der Waals surface area contributed by atoms with Crippen molar-refractivity contribution in [2.75, 3.05) is 45.2 Å². The average molecular weight is 291 g/mol. The van der Waals surface area contributed by atoms with E-state index in [4.69, 9.17) is 16.3 Å². The molecule has 0 aliphatic carbocycles. The molecule has 1 aliphatic rings. The van der Waals surface area contributed by atoms with E-state index in [1.54, 1.807) is 6.92 Å². The first-order valence-electron chi connectivity index (χ1n) is 6.89. The predicted octanol–water partition coefficient (Wildman–Crippen LogP) is 1.10. The molecule has 6 heteroatoms. The maximum absolute atomic E-state index is 11.9. The van der Waals surface area contributed by atoms with E-state index < -0.39 is 0 Å². The van der Waals surface area contributed by atoms with E-state index in [2.05, 4.69) is 4.90 Å². The van der Waals surface area contributed by atoms with Crippen LogP contribution in [0.5, 0.6) is 0 Å². The number of rotatable bonds is 7. The van der Waals surface area contributed by atoms with Gasteiger partial charge in [0.2, 0.25) is 5.91 Å². The largest absolute Gasteiger partial charge is 0.466 e. The summed E-state index contributed by atoms with van der Waals surface area (Å²) in [5, 5.41) is 0. The molecule has 0 saturated carbocycles. The highest BCUT2D eigenvalue weighted by Gasteiger charge is 2.21. The zero-order valence-corrected chi connectivity index (χ0v) is 12.3. The van der Waals surface area contributed by atoms with Gasteiger partial charge in [0.05, 0.1) is 13.0 Å². The summed E-state index contributed by atoms with van der Waals surface area (Å²) in [7, 11) is 0. The summed E-state index contributed by atoms with van der Waals surface area (Å²) in [6.45, 7) is 6.39. The number of amides is 1. The highest BCUT2D eigenvalue weighted by molar-refractivity contribution is 6.17. The Morgan fingerprint density at radius 2 is 1.84 bits per heavy atom. The normalized spacial score (nSPS) is 16.4. The van der Waals surface area contributed by atoms with E-state index in [-0.39, 0.29) is 24.7 Å². The zero-order valence-electron chi connectivity index (χ0n) is 11.6. The van der Waals surface area contributed by atoms with Crippen molar-refractivity contribution in [3.63, 3.8) is 0 Å². The lowest BCUT2D eigenvalue weighted by molar-refractivity contribution is -0.146. The number of piperazine rings is 1. The van der Waals surface area contributed by atoms with E-state index in [1.807, 2.05) is 4.90 Å². The second-order valence-corrected chi connectivity index (χ2v) is 4.95. The first-order chi connectivity index (χ1) is 9.17. The SMILES string of the molecule is CCOC(=O)CCC(=O)N1CCN(CCCCl)CC1. The van der Waals surface area contributed by atoms with Crippen LogP contribution in [-0.2, 0) is 14.3 Å². The molecule has 1 amide bonds. The standard InChI is InChI=1S/C13H23ClN2O3/c1-2-19-13(18)5-4-12(17)16-10-8-15(9-11-16)7-3-6-14/h2-11H2,1H3. The van der Waals surface area contributed by atoms with Crippen molar-refractivity contribution in [1.82, 2.24) is 9.80 Å². The van der Waals surface area contributed by atoms with Crippen LogP contribution in [0.15, 0.2) is 0 Å². The minimum absolute atomic E-state index is 0.0463. The monoisotopic (exact) mass is 290 g/mol. The molecule has 0 spiro atoms. The molecule has 1 fully saturated rings. The third kappa shape index (κ3) is 6.25. The molecule has 0 aromatic heterocycles. The first-order valence-corrected chi connectivity index (χ1v) is 7.42. The summed E-state index contributed by atoms with van der Waals surface area (Å²) < 4.78 is 4.81. The summed E-state index contributed by atoms with van der Waals surface area (Å²) >= 11 is 5.66. The Morgan fingerprint density at radius 1 is 1.16 bits per heavy atom. The molecule has 1 heterocycles. The predicted molar refractivity (Wildman–Crippen MR) is 74.2 cm³/mol. The Hall–Kier alpha value is -0.810. The molecule has 1 saturated heterocycles. The van der Waals surface area contributed by atoms with E-state index in [1.165, 1.54) is 0 Å². The minimum atomic E-state index is -0.295. The highest BCUT2D eigenvalue weighted by atomic mass is 35.5. The lowest BCUT2D eigenvalue weighted by Crippen LogP contribution is -2.48. The van der Waals surface area contributed by atoms with Crippen LogP contribution in [-0.4, -0.2) is 66.9 Å². The Balaban J connectivity index is 2.19. The van der Waals surface area contributed by atoms with Crippen LogP contribution in [0, 0.1) is 0 Å². The lowest BCUT2D eigenvalue weighted by Gasteiger charge is -2.34. The third-order valence-corrected chi connectivity index (χ3v) is 3.45. The fourth-order valence-corrected chi connectivity index (χ4v) is 2.22. The van der Waals surface area contributed by atoms with Crippen molar-refractivity contribution in [3.8, 4) is 0 Å². The van der Waals surface area contributed by atoms with E-state index in [0.717, 1.165) is 39.1 Å². The molecule has 0 radical (unpaired) electrons. The topological polar surface area (TPSA) is 49.9 Å². The number of carbonyl (C=O) groups is 2. The second-order valence-electron chi connectivity index (χ2n) is 4.57. The lowest BCUT2D eigenvalue weighted by atomic mass is 10.2. The highest BCUT2D eigenvalue weighted by Crippen LogP contribution is 2.06. The molecule has 19 heavy (non-hydrogen) atoms. The van der Waals surface area contributed by atoms with Crippen LogP contribution < -0.4 is 0 Å². The van der Waals surface area contributed by atoms with Crippen molar-refractivity contribution in [2.24, 2.45) is 0 Å². The fourth-order valence-electron chi connectivity index (χ4n) is 2.10. The first kappa shape index (κ1) is 16.2. The van der Waals surface area contributed by atoms with Crippen molar-refractivity contribution < 1.29 is 14.3 Å². The van der Waals surface area contributed by atoms with Crippen molar-refractivity contribution >= 4 is 23.5 Å². The fraction of sp³-hybridized carbons (Fsp3) is 0.846. The number of alkyl halides is 1. The van der Waals surface area contributed by atoms with Gasteiger partial charge in [0, 0.05) is 38.5 Å². The summed E-state index contributed by atoms with van der Waals surface area (Å²) in [6.07, 6.45) is 1.41. The van der Waals surface area contributed by atoms with Gasteiger partial charge in [0.1, 0.15) is 0 Å². The molecule has 0 atom stereocenters. The minimum Gasteiger partial charge on any atom is -0.466 e. The average Bonchev–Trinajstić information content (AvgIpc) is 2.43. The Bertz CT molecular complexity index is 292. The van der Waals surface area contributed by atoms with Gasteiger partial charge in [-0.05, 0) is 19.9 Å². The maximum atomic E-state index is 11.9. The summed E-state index contributed by atoms with van der Waals surface area (Å²) in [6, 6.07) is 0. The zero-order chi connectivity index (χ0) is 14.1. The second kappa shape index (κ2) is 9.15. The van der Waals surface area contributed by atoms with Crippen LogP contribution >= 0.6 is 11.6 Å². The van der Waals surface area contributed by atoms with Crippen LogP contribution in [0.4, 0.5) is 0 Å². The smallest absolute Gasteiger partial charge is 0.306 e. The summed E-state index contributed by atoms with van der Waals surface area (Å²) in [5.74, 6) is 0.431. The maximum Gasteiger partial charge on any atom is 0.306 e. The quantitative estimate of drug-likeness (QED) is 0.520. The molecule has 0 aromatic rings. The third-order valence-electron chi connectivity index (χ3n) is 3.18. The summed E-state index contributed by atoms with van der Waals surface area (Å²) in [4.78, 5) is 27.2. The van der Waals surface area contributed by atoms with Gasteiger partial charge in [-0.1, -0.05) is 0 Å². The molecule has 1 rings (SSSR count). The number of hydrogen-bond acceptors (Lipinski definition) is 4. The number of nitrogens with zero attached hydrogens (tertiary/aromatic N) is 2. The van der Waals surface area contributed by atoms with Crippen LogP contribution in [0.25, 0.3) is 0 Å². The van der Waals surface area contributed by atoms with Gasteiger partial charge >= 0.3 is 5.97 Å². The van der Waals surface area contributed by atoms with Gasteiger partial charge in [-0.2, -0.15) is 0 Å². The Morgan fingerprint density at radius 3 is 2.42 bits per heavy atom. The molecular weight excluding hydrogens is 268 g/mol. The number of halogens is 1.